The maximum Gasteiger partial charge on any atom is 0.416 e. The Morgan fingerprint density at radius 1 is 0.952 bits per heavy atom. The quantitative estimate of drug-likeness (QED) is 0.497. The molecule has 21 heavy (non-hydrogen) atoms. The molecule has 0 aliphatic heterocycles. The molecule has 0 aliphatic rings. The first-order valence-corrected chi connectivity index (χ1v) is 6.79. The molecule has 0 spiro atoms. The van der Waals surface area contributed by atoms with Crippen LogP contribution >= 0.6 is 11.8 Å². The number of rotatable bonds is 3. The Morgan fingerprint density at radius 2 is 1.67 bits per heavy atom. The Hall–Kier alpha value is -1.76. The summed E-state index contributed by atoms with van der Waals surface area (Å²) in [6.45, 7) is 0. The van der Waals surface area contributed by atoms with Gasteiger partial charge in [-0.05, 0) is 35.9 Å². The Bertz CT molecular complexity index is 654. The van der Waals surface area contributed by atoms with E-state index in [1.807, 2.05) is 0 Å². The van der Waals surface area contributed by atoms with Crippen LogP contribution < -0.4 is 5.73 Å². The zero-order chi connectivity index (χ0) is 15.6. The van der Waals surface area contributed by atoms with Crippen molar-refractivity contribution < 1.29 is 22.0 Å². The SMILES string of the molecule is Nc1cc(C(F)(F)F)ccc1SCc1ccc(F)c(F)c1. The summed E-state index contributed by atoms with van der Waals surface area (Å²) >= 11 is 1.15. The Labute approximate surface area is 122 Å². The third kappa shape index (κ3) is 3.87. The molecule has 2 N–H and O–H groups in total. The summed E-state index contributed by atoms with van der Waals surface area (Å²) in [4.78, 5) is 0.452. The van der Waals surface area contributed by atoms with Crippen LogP contribution in [0.25, 0.3) is 0 Å². The van der Waals surface area contributed by atoms with E-state index in [9.17, 15) is 22.0 Å². The number of alkyl halides is 3. The van der Waals surface area contributed by atoms with Crippen LogP contribution in [0.5, 0.6) is 0 Å². The Morgan fingerprint density at radius 3 is 2.24 bits per heavy atom. The lowest BCUT2D eigenvalue weighted by molar-refractivity contribution is -0.137. The highest BCUT2D eigenvalue weighted by Crippen LogP contribution is 2.35. The van der Waals surface area contributed by atoms with E-state index in [4.69, 9.17) is 5.73 Å². The van der Waals surface area contributed by atoms with Gasteiger partial charge in [0.25, 0.3) is 0 Å². The smallest absolute Gasteiger partial charge is 0.398 e. The second kappa shape index (κ2) is 5.93. The predicted molar refractivity (Wildman–Crippen MR) is 71.8 cm³/mol. The molecule has 0 amide bonds. The van der Waals surface area contributed by atoms with Crippen LogP contribution in [-0.2, 0) is 11.9 Å². The molecule has 0 bridgehead atoms. The minimum Gasteiger partial charge on any atom is -0.398 e. The summed E-state index contributed by atoms with van der Waals surface area (Å²) in [7, 11) is 0. The molecule has 0 fully saturated rings. The number of hydrogen-bond acceptors (Lipinski definition) is 2. The van der Waals surface area contributed by atoms with E-state index in [1.165, 1.54) is 12.1 Å². The van der Waals surface area contributed by atoms with Gasteiger partial charge in [0.2, 0.25) is 0 Å². The average Bonchev–Trinajstić information content (AvgIpc) is 2.40. The van der Waals surface area contributed by atoms with Crippen LogP contribution in [0.2, 0.25) is 0 Å². The fourth-order valence-electron chi connectivity index (χ4n) is 1.65. The predicted octanol–water partition coefficient (Wildman–Crippen LogP) is 4.86. The average molecular weight is 319 g/mol. The van der Waals surface area contributed by atoms with Gasteiger partial charge >= 0.3 is 6.18 Å². The second-order valence-corrected chi connectivity index (χ2v) is 5.30. The molecule has 0 aliphatic carbocycles. The standard InChI is InChI=1S/C14H10F5NS/c15-10-3-1-8(5-11(10)16)7-21-13-4-2-9(6-12(13)20)14(17,18)19/h1-6H,7,20H2. The van der Waals surface area contributed by atoms with Crippen LogP contribution in [0.3, 0.4) is 0 Å². The van der Waals surface area contributed by atoms with E-state index in [-0.39, 0.29) is 11.4 Å². The minimum absolute atomic E-state index is 0.00240. The molecule has 0 saturated carbocycles. The number of benzene rings is 2. The van der Waals surface area contributed by atoms with Gasteiger partial charge in [0, 0.05) is 16.3 Å². The lowest BCUT2D eigenvalue weighted by Gasteiger charge is -2.10. The molecule has 0 radical (unpaired) electrons. The number of halogens is 5. The van der Waals surface area contributed by atoms with Crippen molar-refractivity contribution in [1.82, 2.24) is 0 Å². The Kier molecular flexibility index (Phi) is 4.41. The molecular weight excluding hydrogens is 309 g/mol. The molecule has 2 aromatic rings. The third-order valence-corrected chi connectivity index (χ3v) is 3.88. The molecule has 0 saturated heterocycles. The van der Waals surface area contributed by atoms with Crippen LogP contribution in [0, 0.1) is 11.6 Å². The molecule has 2 rings (SSSR count). The molecule has 0 atom stereocenters. The summed E-state index contributed by atoms with van der Waals surface area (Å²) in [5.41, 5.74) is 5.27. The Balaban J connectivity index is 2.11. The zero-order valence-electron chi connectivity index (χ0n) is 10.5. The molecule has 1 nitrogen and oxygen atoms in total. The fraction of sp³-hybridized carbons (Fsp3) is 0.143. The van der Waals surface area contributed by atoms with E-state index in [0.717, 1.165) is 36.0 Å². The molecule has 7 heteroatoms. The van der Waals surface area contributed by atoms with E-state index >= 15 is 0 Å². The molecular formula is C14H10F5NS. The van der Waals surface area contributed by atoms with Gasteiger partial charge in [-0.3, -0.25) is 0 Å². The fourth-order valence-corrected chi connectivity index (χ4v) is 2.54. The summed E-state index contributed by atoms with van der Waals surface area (Å²) in [6.07, 6.45) is -4.45. The van der Waals surface area contributed by atoms with Crippen molar-refractivity contribution in [1.29, 1.82) is 0 Å². The zero-order valence-corrected chi connectivity index (χ0v) is 11.4. The van der Waals surface area contributed by atoms with Crippen LogP contribution in [0.4, 0.5) is 27.6 Å². The summed E-state index contributed by atoms with van der Waals surface area (Å²) in [6, 6.07) is 6.51. The minimum atomic E-state index is -4.45. The first-order valence-electron chi connectivity index (χ1n) is 5.81. The number of nitrogen functional groups attached to an aromatic ring is 1. The van der Waals surface area contributed by atoms with Crippen LogP contribution in [-0.4, -0.2) is 0 Å². The van der Waals surface area contributed by atoms with Gasteiger partial charge in [-0.25, -0.2) is 8.78 Å². The van der Waals surface area contributed by atoms with E-state index in [1.54, 1.807) is 0 Å². The molecule has 0 heterocycles. The van der Waals surface area contributed by atoms with Gasteiger partial charge in [-0.15, -0.1) is 11.8 Å². The summed E-state index contributed by atoms with van der Waals surface area (Å²) in [5.74, 6) is -1.64. The van der Waals surface area contributed by atoms with Gasteiger partial charge in [-0.2, -0.15) is 13.2 Å². The number of thioether (sulfide) groups is 1. The van der Waals surface area contributed by atoms with Gasteiger partial charge in [0.15, 0.2) is 11.6 Å². The molecule has 0 aromatic heterocycles. The number of nitrogens with two attached hydrogens (primary N) is 1. The van der Waals surface area contributed by atoms with Crippen molar-refractivity contribution in [3.05, 3.63) is 59.2 Å². The molecule has 2 aromatic carbocycles. The van der Waals surface area contributed by atoms with E-state index < -0.39 is 23.4 Å². The number of hydrogen-bond donors (Lipinski definition) is 1. The topological polar surface area (TPSA) is 26.0 Å². The molecule has 0 unspecified atom stereocenters. The van der Waals surface area contributed by atoms with E-state index in [0.29, 0.717) is 10.5 Å². The highest BCUT2D eigenvalue weighted by Gasteiger charge is 2.30. The van der Waals surface area contributed by atoms with Gasteiger partial charge in [-0.1, -0.05) is 6.07 Å². The van der Waals surface area contributed by atoms with Gasteiger partial charge in [0.05, 0.1) is 5.56 Å². The van der Waals surface area contributed by atoms with Crippen molar-refractivity contribution in [2.75, 3.05) is 5.73 Å². The van der Waals surface area contributed by atoms with Crippen molar-refractivity contribution in [2.45, 2.75) is 16.8 Å². The first-order chi connectivity index (χ1) is 9.77. The third-order valence-electron chi connectivity index (χ3n) is 2.72. The summed E-state index contributed by atoms with van der Waals surface area (Å²) in [5, 5.41) is 0. The lowest BCUT2D eigenvalue weighted by atomic mass is 10.2. The van der Waals surface area contributed by atoms with Gasteiger partial charge in [0.1, 0.15) is 0 Å². The second-order valence-electron chi connectivity index (χ2n) is 4.29. The highest BCUT2D eigenvalue weighted by atomic mass is 32.2. The number of anilines is 1. The monoisotopic (exact) mass is 319 g/mol. The van der Waals surface area contributed by atoms with Crippen molar-refractivity contribution in [2.24, 2.45) is 0 Å². The van der Waals surface area contributed by atoms with Crippen molar-refractivity contribution in [3.63, 3.8) is 0 Å². The molecule has 112 valence electrons. The maximum atomic E-state index is 13.0. The van der Waals surface area contributed by atoms with Gasteiger partial charge < -0.3 is 5.73 Å². The van der Waals surface area contributed by atoms with Crippen molar-refractivity contribution >= 4 is 17.4 Å². The highest BCUT2D eigenvalue weighted by molar-refractivity contribution is 7.98. The van der Waals surface area contributed by atoms with Crippen LogP contribution in [0.1, 0.15) is 11.1 Å². The normalized spacial score (nSPS) is 11.7. The lowest BCUT2D eigenvalue weighted by Crippen LogP contribution is -2.05. The maximum absolute atomic E-state index is 13.0. The summed E-state index contributed by atoms with van der Waals surface area (Å²) < 4.78 is 63.3. The van der Waals surface area contributed by atoms with Crippen molar-refractivity contribution in [3.8, 4) is 0 Å². The largest absolute Gasteiger partial charge is 0.416 e. The van der Waals surface area contributed by atoms with E-state index in [2.05, 4.69) is 0 Å². The van der Waals surface area contributed by atoms with Crippen LogP contribution in [0.15, 0.2) is 41.3 Å². The first kappa shape index (κ1) is 15.6.